The molecule has 0 spiro atoms. The predicted octanol–water partition coefficient (Wildman–Crippen LogP) is 2.90. The Morgan fingerprint density at radius 2 is 1.95 bits per heavy atom. The molecule has 0 aliphatic carbocycles. The van der Waals surface area contributed by atoms with Crippen molar-refractivity contribution in [1.82, 2.24) is 0 Å². The fraction of sp³-hybridized carbons (Fsp3) is 0.0714. The quantitative estimate of drug-likeness (QED) is 0.849. The minimum absolute atomic E-state index is 0.0935. The Balaban J connectivity index is 2.43. The molecule has 21 heavy (non-hydrogen) atoms. The molecular weight excluding hydrogens is 310 g/mol. The summed E-state index contributed by atoms with van der Waals surface area (Å²) in [7, 11) is -3.79. The summed E-state index contributed by atoms with van der Waals surface area (Å²) in [6.45, 7) is 1.68. The van der Waals surface area contributed by atoms with Gasteiger partial charge in [-0.3, -0.25) is 4.72 Å². The summed E-state index contributed by atoms with van der Waals surface area (Å²) in [5, 5.41) is 9.17. The number of nitrogen functional groups attached to an aromatic ring is 1. The number of nitriles is 1. The van der Waals surface area contributed by atoms with E-state index in [1.54, 1.807) is 19.1 Å². The fourth-order valence-electron chi connectivity index (χ4n) is 1.79. The van der Waals surface area contributed by atoms with Crippen LogP contribution in [-0.2, 0) is 10.0 Å². The van der Waals surface area contributed by atoms with Gasteiger partial charge in [0.25, 0.3) is 10.0 Å². The lowest BCUT2D eigenvalue weighted by atomic mass is 10.2. The molecule has 0 atom stereocenters. The highest BCUT2D eigenvalue weighted by Gasteiger charge is 2.17. The van der Waals surface area contributed by atoms with E-state index < -0.39 is 10.0 Å². The maximum absolute atomic E-state index is 12.4. The zero-order valence-corrected chi connectivity index (χ0v) is 12.7. The van der Waals surface area contributed by atoms with Crippen LogP contribution in [0.5, 0.6) is 0 Å². The Morgan fingerprint density at radius 3 is 2.62 bits per heavy atom. The Hall–Kier alpha value is -2.23. The van der Waals surface area contributed by atoms with E-state index in [0.717, 1.165) is 0 Å². The van der Waals surface area contributed by atoms with Crippen molar-refractivity contribution < 1.29 is 8.42 Å². The van der Waals surface area contributed by atoms with Gasteiger partial charge in [0, 0.05) is 5.69 Å². The second-order valence-corrected chi connectivity index (χ2v) is 6.49. The standard InChI is InChI=1S/C14H12ClN3O2S/c1-9-2-3-11(17)7-14(9)21(19,20)18-12-4-5-13(15)10(6-12)8-16/h2-7,18H,17H2,1H3. The Morgan fingerprint density at radius 1 is 1.24 bits per heavy atom. The van der Waals surface area contributed by atoms with Gasteiger partial charge >= 0.3 is 0 Å². The van der Waals surface area contributed by atoms with Gasteiger partial charge in [0.05, 0.1) is 21.2 Å². The average molecular weight is 322 g/mol. The third-order valence-corrected chi connectivity index (χ3v) is 4.69. The number of rotatable bonds is 3. The number of aryl methyl sites for hydroxylation is 1. The Labute approximate surface area is 128 Å². The fourth-order valence-corrected chi connectivity index (χ4v) is 3.28. The molecule has 0 bridgehead atoms. The van der Waals surface area contributed by atoms with Crippen molar-refractivity contribution in [2.45, 2.75) is 11.8 Å². The average Bonchev–Trinajstić information content (AvgIpc) is 2.43. The van der Waals surface area contributed by atoms with Crippen molar-refractivity contribution in [3.05, 3.63) is 52.5 Å². The van der Waals surface area contributed by atoms with Crippen LogP contribution in [0.15, 0.2) is 41.3 Å². The Bertz CT molecular complexity index is 842. The van der Waals surface area contributed by atoms with Crippen molar-refractivity contribution >= 4 is 33.0 Å². The maximum atomic E-state index is 12.4. The van der Waals surface area contributed by atoms with Crippen LogP contribution in [0.3, 0.4) is 0 Å². The lowest BCUT2D eigenvalue weighted by molar-refractivity contribution is 0.600. The number of nitrogens with two attached hydrogens (primary N) is 1. The normalized spacial score (nSPS) is 10.9. The molecule has 0 radical (unpaired) electrons. The van der Waals surface area contributed by atoms with Gasteiger partial charge in [0.15, 0.2) is 0 Å². The monoisotopic (exact) mass is 321 g/mol. The number of sulfonamides is 1. The second kappa shape index (κ2) is 5.64. The van der Waals surface area contributed by atoms with Gasteiger partial charge in [-0.15, -0.1) is 0 Å². The highest BCUT2D eigenvalue weighted by molar-refractivity contribution is 7.92. The first-order valence-corrected chi connectivity index (χ1v) is 7.78. The Kier molecular flexibility index (Phi) is 4.07. The van der Waals surface area contributed by atoms with Crippen LogP contribution in [-0.4, -0.2) is 8.42 Å². The SMILES string of the molecule is Cc1ccc(N)cc1S(=O)(=O)Nc1ccc(Cl)c(C#N)c1. The summed E-state index contributed by atoms with van der Waals surface area (Å²) in [5.74, 6) is 0. The molecule has 0 fully saturated rings. The largest absolute Gasteiger partial charge is 0.399 e. The van der Waals surface area contributed by atoms with Crippen LogP contribution in [0.4, 0.5) is 11.4 Å². The third-order valence-electron chi connectivity index (χ3n) is 2.84. The molecule has 3 N–H and O–H groups in total. The number of benzene rings is 2. The molecule has 108 valence electrons. The van der Waals surface area contributed by atoms with Gasteiger partial charge in [-0.25, -0.2) is 8.42 Å². The topological polar surface area (TPSA) is 96.0 Å². The van der Waals surface area contributed by atoms with Crippen LogP contribution >= 0.6 is 11.6 Å². The molecule has 0 heterocycles. The van der Waals surface area contributed by atoms with E-state index in [1.165, 1.54) is 24.3 Å². The van der Waals surface area contributed by atoms with E-state index >= 15 is 0 Å². The molecule has 0 unspecified atom stereocenters. The molecule has 5 nitrogen and oxygen atoms in total. The summed E-state index contributed by atoms with van der Waals surface area (Å²) >= 11 is 5.81. The van der Waals surface area contributed by atoms with Crippen LogP contribution in [0.25, 0.3) is 0 Å². The number of halogens is 1. The van der Waals surface area contributed by atoms with Crippen molar-refractivity contribution in [2.75, 3.05) is 10.5 Å². The zero-order valence-electron chi connectivity index (χ0n) is 11.1. The molecule has 0 saturated heterocycles. The number of hydrogen-bond acceptors (Lipinski definition) is 4. The van der Waals surface area contributed by atoms with E-state index in [-0.39, 0.29) is 21.2 Å². The lowest BCUT2D eigenvalue weighted by Gasteiger charge is -2.11. The molecule has 2 aromatic carbocycles. The molecule has 0 amide bonds. The maximum Gasteiger partial charge on any atom is 0.262 e. The van der Waals surface area contributed by atoms with Crippen molar-refractivity contribution in [3.8, 4) is 6.07 Å². The van der Waals surface area contributed by atoms with E-state index in [9.17, 15) is 8.42 Å². The summed E-state index contributed by atoms with van der Waals surface area (Å²) < 4.78 is 27.2. The van der Waals surface area contributed by atoms with Gasteiger partial charge in [0.2, 0.25) is 0 Å². The first-order chi connectivity index (χ1) is 9.83. The van der Waals surface area contributed by atoms with Crippen LogP contribution in [0.1, 0.15) is 11.1 Å². The highest BCUT2D eigenvalue weighted by Crippen LogP contribution is 2.24. The summed E-state index contributed by atoms with van der Waals surface area (Å²) in [4.78, 5) is 0.0935. The van der Waals surface area contributed by atoms with Crippen molar-refractivity contribution in [3.63, 3.8) is 0 Å². The molecule has 0 aliphatic heterocycles. The smallest absolute Gasteiger partial charge is 0.262 e. The molecule has 0 saturated carbocycles. The zero-order chi connectivity index (χ0) is 15.6. The molecule has 2 rings (SSSR count). The van der Waals surface area contributed by atoms with E-state index in [0.29, 0.717) is 11.3 Å². The van der Waals surface area contributed by atoms with Crippen molar-refractivity contribution in [2.24, 2.45) is 0 Å². The number of nitrogens with one attached hydrogen (secondary N) is 1. The third kappa shape index (κ3) is 3.27. The highest BCUT2D eigenvalue weighted by atomic mass is 35.5. The van der Waals surface area contributed by atoms with Crippen LogP contribution in [0, 0.1) is 18.3 Å². The molecule has 0 aliphatic rings. The number of nitrogens with zero attached hydrogens (tertiary/aromatic N) is 1. The van der Waals surface area contributed by atoms with E-state index in [4.69, 9.17) is 22.6 Å². The van der Waals surface area contributed by atoms with Gasteiger partial charge in [-0.05, 0) is 42.8 Å². The summed E-state index contributed by atoms with van der Waals surface area (Å²) in [5.41, 5.74) is 7.02. The molecular formula is C14H12ClN3O2S. The first-order valence-electron chi connectivity index (χ1n) is 5.92. The minimum Gasteiger partial charge on any atom is -0.399 e. The number of anilines is 2. The molecule has 7 heteroatoms. The van der Waals surface area contributed by atoms with Crippen molar-refractivity contribution in [1.29, 1.82) is 5.26 Å². The minimum atomic E-state index is -3.79. The van der Waals surface area contributed by atoms with E-state index in [1.807, 2.05) is 6.07 Å². The van der Waals surface area contributed by atoms with Gasteiger partial charge in [0.1, 0.15) is 6.07 Å². The first kappa shape index (κ1) is 15.2. The molecule has 2 aromatic rings. The van der Waals surface area contributed by atoms with Crippen LogP contribution in [0.2, 0.25) is 5.02 Å². The van der Waals surface area contributed by atoms with Crippen LogP contribution < -0.4 is 10.5 Å². The number of hydrogen-bond donors (Lipinski definition) is 2. The summed E-state index contributed by atoms with van der Waals surface area (Å²) in [6, 6.07) is 10.9. The second-order valence-electron chi connectivity index (χ2n) is 4.44. The van der Waals surface area contributed by atoms with E-state index in [2.05, 4.69) is 4.72 Å². The molecule has 0 aromatic heterocycles. The predicted molar refractivity (Wildman–Crippen MR) is 82.6 cm³/mol. The summed E-state index contributed by atoms with van der Waals surface area (Å²) in [6.07, 6.45) is 0. The van der Waals surface area contributed by atoms with Gasteiger partial charge in [-0.2, -0.15) is 5.26 Å². The van der Waals surface area contributed by atoms with Gasteiger partial charge in [-0.1, -0.05) is 17.7 Å². The lowest BCUT2D eigenvalue weighted by Crippen LogP contribution is -2.14. The van der Waals surface area contributed by atoms with Gasteiger partial charge < -0.3 is 5.73 Å².